The summed E-state index contributed by atoms with van der Waals surface area (Å²) in [4.78, 5) is 24.0. The highest BCUT2D eigenvalue weighted by Gasteiger charge is 2.21. The third-order valence-corrected chi connectivity index (χ3v) is 4.62. The largest absolute Gasteiger partial charge is 0.462 e. The molecule has 0 radical (unpaired) electrons. The number of anilines is 1. The molecule has 0 aliphatic rings. The number of aryl methyl sites for hydroxylation is 1. The molecule has 1 rings (SSSR count). The van der Waals surface area contributed by atoms with Crippen molar-refractivity contribution in [2.75, 3.05) is 18.5 Å². The van der Waals surface area contributed by atoms with E-state index in [4.69, 9.17) is 9.47 Å². The minimum atomic E-state index is -0.515. The summed E-state index contributed by atoms with van der Waals surface area (Å²) in [6.45, 7) is 6.62. The van der Waals surface area contributed by atoms with Crippen molar-refractivity contribution in [1.29, 1.82) is 0 Å². The maximum Gasteiger partial charge on any atom is 0.412 e. The van der Waals surface area contributed by atoms with Crippen LogP contribution in [0.3, 0.4) is 0 Å². The van der Waals surface area contributed by atoms with Crippen molar-refractivity contribution < 1.29 is 19.1 Å². The summed E-state index contributed by atoms with van der Waals surface area (Å²) >= 11 is 1.32. The molecule has 1 aromatic rings. The van der Waals surface area contributed by atoms with E-state index < -0.39 is 12.1 Å². The Balaban J connectivity index is 2.44. The van der Waals surface area contributed by atoms with Crippen molar-refractivity contribution in [1.82, 2.24) is 0 Å². The number of unbranched alkanes of at least 4 members (excludes halogenated alkanes) is 5. The van der Waals surface area contributed by atoms with E-state index in [1.54, 1.807) is 6.92 Å². The first-order valence-electron chi connectivity index (χ1n) is 8.85. The van der Waals surface area contributed by atoms with Gasteiger partial charge in [0, 0.05) is 0 Å². The Morgan fingerprint density at radius 3 is 2.42 bits per heavy atom. The molecule has 6 heteroatoms. The molecule has 136 valence electrons. The second kappa shape index (κ2) is 11.9. The van der Waals surface area contributed by atoms with Crippen LogP contribution in [0.2, 0.25) is 0 Å². The molecule has 0 atom stereocenters. The van der Waals surface area contributed by atoms with Gasteiger partial charge in [0.15, 0.2) is 0 Å². The van der Waals surface area contributed by atoms with Gasteiger partial charge in [-0.15, -0.1) is 11.3 Å². The van der Waals surface area contributed by atoms with Crippen LogP contribution in [0.5, 0.6) is 0 Å². The van der Waals surface area contributed by atoms with Gasteiger partial charge in [-0.3, -0.25) is 5.32 Å². The first-order chi connectivity index (χ1) is 11.6. The summed E-state index contributed by atoms with van der Waals surface area (Å²) in [5.41, 5.74) is 1.32. The van der Waals surface area contributed by atoms with Gasteiger partial charge in [-0.1, -0.05) is 46.0 Å². The monoisotopic (exact) mass is 355 g/mol. The molecule has 1 heterocycles. The average Bonchev–Trinajstić information content (AvgIpc) is 2.97. The van der Waals surface area contributed by atoms with Crippen LogP contribution in [-0.2, 0) is 15.9 Å². The van der Waals surface area contributed by atoms with Crippen molar-refractivity contribution >= 4 is 28.4 Å². The minimum Gasteiger partial charge on any atom is -0.462 e. The number of hydrogen-bond acceptors (Lipinski definition) is 5. The molecular formula is C18H29NO4S. The zero-order chi connectivity index (χ0) is 17.8. The Bertz CT molecular complexity index is 513. The number of thiophene rings is 1. The molecular weight excluding hydrogens is 326 g/mol. The molecule has 1 N–H and O–H groups in total. The Hall–Kier alpha value is -1.56. The first-order valence-corrected chi connectivity index (χ1v) is 9.73. The Labute approximate surface area is 148 Å². The van der Waals surface area contributed by atoms with Gasteiger partial charge < -0.3 is 9.47 Å². The van der Waals surface area contributed by atoms with Gasteiger partial charge in [-0.2, -0.15) is 0 Å². The van der Waals surface area contributed by atoms with E-state index in [1.807, 2.05) is 12.3 Å². The number of carbonyl (C=O) groups is 2. The van der Waals surface area contributed by atoms with Crippen LogP contribution >= 0.6 is 11.3 Å². The van der Waals surface area contributed by atoms with Gasteiger partial charge in [0.1, 0.15) is 5.00 Å². The standard InChI is InChI=1S/C18H29NO4S/c1-4-7-8-9-10-11-12-23-18(21)19-16-15(17(20)22-6-3)14(5-2)13-24-16/h13H,4-12H2,1-3H3,(H,19,21). The Kier molecular flexibility index (Phi) is 10.2. The third-order valence-electron chi connectivity index (χ3n) is 3.67. The van der Waals surface area contributed by atoms with Crippen LogP contribution < -0.4 is 5.32 Å². The zero-order valence-electron chi connectivity index (χ0n) is 15.0. The van der Waals surface area contributed by atoms with Crippen LogP contribution in [0.4, 0.5) is 9.80 Å². The molecule has 24 heavy (non-hydrogen) atoms. The third kappa shape index (κ3) is 6.91. The molecule has 0 bridgehead atoms. The smallest absolute Gasteiger partial charge is 0.412 e. The molecule has 0 unspecified atom stereocenters. The lowest BCUT2D eigenvalue weighted by atomic mass is 10.1. The lowest BCUT2D eigenvalue weighted by Gasteiger charge is -2.08. The SMILES string of the molecule is CCCCCCCCOC(=O)Nc1scc(CC)c1C(=O)OCC. The van der Waals surface area contributed by atoms with E-state index >= 15 is 0 Å². The lowest BCUT2D eigenvalue weighted by Crippen LogP contribution is -2.16. The molecule has 0 aliphatic carbocycles. The summed E-state index contributed by atoms with van der Waals surface area (Å²) in [5, 5.41) is 5.04. The highest BCUT2D eigenvalue weighted by molar-refractivity contribution is 7.15. The second-order valence-electron chi connectivity index (χ2n) is 5.57. The van der Waals surface area contributed by atoms with Gasteiger partial charge in [-0.25, -0.2) is 9.59 Å². The van der Waals surface area contributed by atoms with Crippen molar-refractivity contribution in [2.24, 2.45) is 0 Å². The number of carbonyl (C=O) groups excluding carboxylic acids is 2. The second-order valence-corrected chi connectivity index (χ2v) is 6.45. The molecule has 0 aromatic carbocycles. The van der Waals surface area contributed by atoms with Gasteiger partial charge in [0.05, 0.1) is 18.8 Å². The summed E-state index contributed by atoms with van der Waals surface area (Å²) in [5.74, 6) is -0.401. The van der Waals surface area contributed by atoms with Gasteiger partial charge in [0.2, 0.25) is 0 Å². The first kappa shape index (κ1) is 20.5. The molecule has 0 spiro atoms. The molecule has 1 aromatic heterocycles. The fraction of sp³-hybridized carbons (Fsp3) is 0.667. The van der Waals surface area contributed by atoms with Crippen LogP contribution in [-0.4, -0.2) is 25.3 Å². The van der Waals surface area contributed by atoms with Gasteiger partial charge >= 0.3 is 12.1 Å². The molecule has 0 saturated carbocycles. The van der Waals surface area contributed by atoms with Crippen LogP contribution in [0.1, 0.15) is 75.2 Å². The van der Waals surface area contributed by atoms with Gasteiger partial charge in [-0.05, 0) is 30.7 Å². The summed E-state index contributed by atoms with van der Waals surface area (Å²) < 4.78 is 10.3. The summed E-state index contributed by atoms with van der Waals surface area (Å²) in [6, 6.07) is 0. The number of ether oxygens (including phenoxy) is 2. The number of hydrogen-bond donors (Lipinski definition) is 1. The fourth-order valence-corrected chi connectivity index (χ4v) is 3.37. The number of amides is 1. The van der Waals surface area contributed by atoms with Crippen molar-refractivity contribution in [3.05, 3.63) is 16.5 Å². The zero-order valence-corrected chi connectivity index (χ0v) is 15.8. The highest BCUT2D eigenvalue weighted by Crippen LogP contribution is 2.29. The average molecular weight is 356 g/mol. The fourth-order valence-electron chi connectivity index (χ4n) is 2.35. The summed E-state index contributed by atoms with van der Waals surface area (Å²) in [7, 11) is 0. The molecule has 1 amide bonds. The number of nitrogens with one attached hydrogen (secondary N) is 1. The van der Waals surface area contributed by atoms with Crippen LogP contribution in [0.15, 0.2) is 5.38 Å². The van der Waals surface area contributed by atoms with Crippen molar-refractivity contribution in [3.8, 4) is 0 Å². The predicted molar refractivity (Wildman–Crippen MR) is 98.0 cm³/mol. The van der Waals surface area contributed by atoms with E-state index in [2.05, 4.69) is 12.2 Å². The maximum absolute atomic E-state index is 12.1. The van der Waals surface area contributed by atoms with E-state index in [-0.39, 0.29) is 0 Å². The molecule has 0 aliphatic heterocycles. The Morgan fingerprint density at radius 2 is 1.75 bits per heavy atom. The number of esters is 1. The highest BCUT2D eigenvalue weighted by atomic mass is 32.1. The normalized spacial score (nSPS) is 10.5. The van der Waals surface area contributed by atoms with E-state index in [9.17, 15) is 9.59 Å². The topological polar surface area (TPSA) is 64.6 Å². The van der Waals surface area contributed by atoms with E-state index in [1.165, 1.54) is 37.0 Å². The number of rotatable bonds is 11. The minimum absolute atomic E-state index is 0.305. The molecule has 0 fully saturated rings. The van der Waals surface area contributed by atoms with Crippen LogP contribution in [0.25, 0.3) is 0 Å². The Morgan fingerprint density at radius 1 is 1.04 bits per heavy atom. The lowest BCUT2D eigenvalue weighted by molar-refractivity contribution is 0.0527. The quantitative estimate of drug-likeness (QED) is 0.426. The maximum atomic E-state index is 12.1. The van der Waals surface area contributed by atoms with Gasteiger partial charge in [0.25, 0.3) is 0 Å². The van der Waals surface area contributed by atoms with E-state index in [0.29, 0.717) is 30.2 Å². The van der Waals surface area contributed by atoms with Crippen molar-refractivity contribution in [3.63, 3.8) is 0 Å². The molecule has 0 saturated heterocycles. The van der Waals surface area contributed by atoms with E-state index in [0.717, 1.165) is 18.4 Å². The molecule has 5 nitrogen and oxygen atoms in total. The van der Waals surface area contributed by atoms with Crippen LogP contribution in [0, 0.1) is 0 Å². The predicted octanol–water partition coefficient (Wildman–Crippen LogP) is 5.40. The van der Waals surface area contributed by atoms with Crippen molar-refractivity contribution in [2.45, 2.75) is 65.7 Å². The summed E-state index contributed by atoms with van der Waals surface area (Å²) in [6.07, 6.45) is 7.03.